The van der Waals surface area contributed by atoms with Crippen LogP contribution in [0.2, 0.25) is 0 Å². The lowest BCUT2D eigenvalue weighted by atomic mass is 9.98. The molecule has 0 aliphatic carbocycles. The minimum absolute atomic E-state index is 0.253. The molecular weight excluding hydrogens is 274 g/mol. The Labute approximate surface area is 111 Å². The first kappa shape index (κ1) is 12.3. The van der Waals surface area contributed by atoms with Gasteiger partial charge >= 0.3 is 0 Å². The van der Waals surface area contributed by atoms with Gasteiger partial charge in [0.05, 0.1) is 6.04 Å². The summed E-state index contributed by atoms with van der Waals surface area (Å²) in [5, 5.41) is 3.36. The maximum absolute atomic E-state index is 3.46. The topological polar surface area (TPSA) is 12.0 Å². The second kappa shape index (κ2) is 5.48. The van der Waals surface area contributed by atoms with Gasteiger partial charge in [-0.05, 0) is 37.2 Å². The average molecular weight is 290 g/mol. The van der Waals surface area contributed by atoms with Crippen molar-refractivity contribution in [3.63, 3.8) is 0 Å². The van der Waals surface area contributed by atoms with E-state index >= 15 is 0 Å². The van der Waals surface area contributed by atoms with Crippen LogP contribution < -0.4 is 5.32 Å². The Morgan fingerprint density at radius 1 is 0.882 bits per heavy atom. The summed E-state index contributed by atoms with van der Waals surface area (Å²) in [7, 11) is 1.99. The Hall–Kier alpha value is -1.12. The molecule has 0 radical (unpaired) electrons. The van der Waals surface area contributed by atoms with Crippen molar-refractivity contribution in [2.45, 2.75) is 13.0 Å². The van der Waals surface area contributed by atoms with Crippen LogP contribution in [0.25, 0.3) is 0 Å². The molecule has 0 aromatic heterocycles. The van der Waals surface area contributed by atoms with Gasteiger partial charge in [0.1, 0.15) is 0 Å². The number of rotatable bonds is 3. The quantitative estimate of drug-likeness (QED) is 0.898. The van der Waals surface area contributed by atoms with Crippen molar-refractivity contribution < 1.29 is 0 Å². The molecule has 2 aromatic rings. The van der Waals surface area contributed by atoms with Crippen molar-refractivity contribution in [2.24, 2.45) is 0 Å². The van der Waals surface area contributed by atoms with Crippen LogP contribution in [0.4, 0.5) is 0 Å². The summed E-state index contributed by atoms with van der Waals surface area (Å²) < 4.78 is 1.11. The summed E-state index contributed by atoms with van der Waals surface area (Å²) >= 11 is 3.46. The van der Waals surface area contributed by atoms with Gasteiger partial charge in [-0.1, -0.05) is 57.9 Å². The van der Waals surface area contributed by atoms with Gasteiger partial charge in [0, 0.05) is 4.47 Å². The molecule has 2 heteroatoms. The van der Waals surface area contributed by atoms with Gasteiger partial charge in [-0.25, -0.2) is 0 Å². The molecule has 1 N–H and O–H groups in total. The van der Waals surface area contributed by atoms with Gasteiger partial charge < -0.3 is 5.32 Å². The number of nitrogens with one attached hydrogen (secondary N) is 1. The van der Waals surface area contributed by atoms with Crippen molar-refractivity contribution in [3.8, 4) is 0 Å². The SMILES string of the molecule is CNC(c1ccc(C)cc1)c1ccc(Br)cc1. The Balaban J connectivity index is 2.33. The molecule has 88 valence electrons. The number of halogens is 1. The molecule has 1 nitrogen and oxygen atoms in total. The van der Waals surface area contributed by atoms with Crippen LogP contribution in [0, 0.1) is 6.92 Å². The van der Waals surface area contributed by atoms with Crippen LogP contribution in [0.1, 0.15) is 22.7 Å². The largest absolute Gasteiger partial charge is 0.309 e. The van der Waals surface area contributed by atoms with E-state index in [-0.39, 0.29) is 6.04 Å². The molecule has 1 unspecified atom stereocenters. The summed E-state index contributed by atoms with van der Waals surface area (Å²) in [6.07, 6.45) is 0. The van der Waals surface area contributed by atoms with E-state index < -0.39 is 0 Å². The first-order valence-electron chi connectivity index (χ1n) is 5.70. The highest BCUT2D eigenvalue weighted by atomic mass is 79.9. The maximum Gasteiger partial charge on any atom is 0.0574 e. The monoisotopic (exact) mass is 289 g/mol. The maximum atomic E-state index is 3.46. The highest BCUT2D eigenvalue weighted by Crippen LogP contribution is 2.23. The number of aryl methyl sites for hydroxylation is 1. The fourth-order valence-electron chi connectivity index (χ4n) is 1.94. The summed E-state index contributed by atoms with van der Waals surface area (Å²) in [6.45, 7) is 2.11. The van der Waals surface area contributed by atoms with Crippen LogP contribution in [0.5, 0.6) is 0 Å². The van der Waals surface area contributed by atoms with E-state index in [9.17, 15) is 0 Å². The van der Waals surface area contributed by atoms with Crippen molar-refractivity contribution >= 4 is 15.9 Å². The van der Waals surface area contributed by atoms with Crippen molar-refractivity contribution in [1.29, 1.82) is 0 Å². The molecule has 0 bridgehead atoms. The second-order valence-corrected chi connectivity index (χ2v) is 5.10. The molecule has 1 atom stereocenters. The summed E-state index contributed by atoms with van der Waals surface area (Å²) in [5.41, 5.74) is 3.86. The third kappa shape index (κ3) is 2.96. The molecule has 0 aliphatic rings. The zero-order valence-electron chi connectivity index (χ0n) is 10.1. The zero-order valence-corrected chi connectivity index (χ0v) is 11.7. The molecule has 2 aromatic carbocycles. The van der Waals surface area contributed by atoms with Gasteiger partial charge in [0.2, 0.25) is 0 Å². The van der Waals surface area contributed by atoms with Crippen molar-refractivity contribution in [3.05, 3.63) is 69.7 Å². The zero-order chi connectivity index (χ0) is 12.3. The number of benzene rings is 2. The molecule has 0 saturated heterocycles. The second-order valence-electron chi connectivity index (χ2n) is 4.18. The van der Waals surface area contributed by atoms with Gasteiger partial charge in [-0.15, -0.1) is 0 Å². The van der Waals surface area contributed by atoms with E-state index in [1.807, 2.05) is 7.05 Å². The van der Waals surface area contributed by atoms with E-state index in [0.717, 1.165) is 4.47 Å². The summed E-state index contributed by atoms with van der Waals surface area (Å²) in [5.74, 6) is 0. The lowest BCUT2D eigenvalue weighted by molar-refractivity contribution is 0.691. The third-order valence-electron chi connectivity index (χ3n) is 2.90. The highest BCUT2D eigenvalue weighted by Gasteiger charge is 2.10. The van der Waals surface area contributed by atoms with Crippen LogP contribution >= 0.6 is 15.9 Å². The lowest BCUT2D eigenvalue weighted by Gasteiger charge is -2.17. The summed E-state index contributed by atoms with van der Waals surface area (Å²) in [6, 6.07) is 17.4. The van der Waals surface area contributed by atoms with E-state index in [0.29, 0.717) is 0 Å². The van der Waals surface area contributed by atoms with Gasteiger partial charge in [-0.2, -0.15) is 0 Å². The third-order valence-corrected chi connectivity index (χ3v) is 3.43. The first-order chi connectivity index (χ1) is 8.20. The molecule has 0 spiro atoms. The molecule has 0 saturated carbocycles. The van der Waals surface area contributed by atoms with E-state index in [1.54, 1.807) is 0 Å². The minimum atomic E-state index is 0.253. The molecule has 0 heterocycles. The van der Waals surface area contributed by atoms with Crippen molar-refractivity contribution in [1.82, 2.24) is 5.32 Å². The minimum Gasteiger partial charge on any atom is -0.309 e. The fraction of sp³-hybridized carbons (Fsp3) is 0.200. The predicted molar refractivity (Wildman–Crippen MR) is 76.2 cm³/mol. The summed E-state index contributed by atoms with van der Waals surface area (Å²) in [4.78, 5) is 0. The number of hydrogen-bond donors (Lipinski definition) is 1. The Morgan fingerprint density at radius 2 is 1.35 bits per heavy atom. The van der Waals surface area contributed by atoms with Crippen LogP contribution in [0.15, 0.2) is 53.0 Å². The lowest BCUT2D eigenvalue weighted by Crippen LogP contribution is -2.17. The molecule has 0 amide bonds. The highest BCUT2D eigenvalue weighted by molar-refractivity contribution is 9.10. The molecule has 0 aliphatic heterocycles. The van der Waals surface area contributed by atoms with Gasteiger partial charge in [-0.3, -0.25) is 0 Å². The Kier molecular flexibility index (Phi) is 3.97. The molecule has 2 rings (SSSR count). The van der Waals surface area contributed by atoms with Crippen LogP contribution in [-0.2, 0) is 0 Å². The normalized spacial score (nSPS) is 12.4. The van der Waals surface area contributed by atoms with E-state index in [1.165, 1.54) is 16.7 Å². The number of hydrogen-bond acceptors (Lipinski definition) is 1. The van der Waals surface area contributed by atoms with Crippen LogP contribution in [-0.4, -0.2) is 7.05 Å². The average Bonchev–Trinajstić information content (AvgIpc) is 2.35. The van der Waals surface area contributed by atoms with E-state index in [4.69, 9.17) is 0 Å². The van der Waals surface area contributed by atoms with Gasteiger partial charge in [0.15, 0.2) is 0 Å². The Bertz CT molecular complexity index is 428. The fourth-order valence-corrected chi connectivity index (χ4v) is 2.20. The molecular formula is C15H16BrN. The standard InChI is InChI=1S/C15H16BrN/c1-11-3-5-12(6-4-11)15(17-2)13-7-9-14(16)10-8-13/h3-10,15,17H,1-2H3. The molecule has 0 fully saturated rings. The smallest absolute Gasteiger partial charge is 0.0574 e. The predicted octanol–water partition coefficient (Wildman–Crippen LogP) is 4.07. The molecule has 17 heavy (non-hydrogen) atoms. The van der Waals surface area contributed by atoms with Gasteiger partial charge in [0.25, 0.3) is 0 Å². The Morgan fingerprint density at radius 3 is 1.82 bits per heavy atom. The first-order valence-corrected chi connectivity index (χ1v) is 6.49. The van der Waals surface area contributed by atoms with Crippen LogP contribution in [0.3, 0.4) is 0 Å². The van der Waals surface area contributed by atoms with E-state index in [2.05, 4.69) is 76.7 Å². The van der Waals surface area contributed by atoms with Crippen molar-refractivity contribution in [2.75, 3.05) is 7.05 Å².